The van der Waals surface area contributed by atoms with Crippen LogP contribution in [-0.2, 0) is 0 Å². The minimum absolute atomic E-state index is 0.189. The monoisotopic (exact) mass is 206 g/mol. The van der Waals surface area contributed by atoms with E-state index in [1.807, 2.05) is 14.1 Å². The molecule has 0 aromatic heterocycles. The molecule has 0 rings (SSSR count). The minimum Gasteiger partial charge on any atom is -0.275 e. The molecule has 0 bridgehead atoms. The second-order valence-electron chi connectivity index (χ2n) is 2.98. The summed E-state index contributed by atoms with van der Waals surface area (Å²) in [6, 6.07) is 0. The third kappa shape index (κ3) is 3.33. The summed E-state index contributed by atoms with van der Waals surface area (Å²) in [6.45, 7) is 4.39. The summed E-state index contributed by atoms with van der Waals surface area (Å²) in [5.74, 6) is 0.970. The van der Waals surface area contributed by atoms with Gasteiger partial charge < -0.3 is 0 Å². The second kappa shape index (κ2) is 5.83. The van der Waals surface area contributed by atoms with Crippen LogP contribution in [0.25, 0.3) is 0 Å². The number of hydrogen-bond donors (Lipinski definition) is 2. The van der Waals surface area contributed by atoms with Gasteiger partial charge >= 0.3 is 0 Å². The van der Waals surface area contributed by atoms with E-state index in [1.54, 1.807) is 0 Å². The lowest BCUT2D eigenvalue weighted by Gasteiger charge is -2.13. The highest BCUT2D eigenvalue weighted by atomic mass is 31.1. The zero-order valence-electron chi connectivity index (χ0n) is 8.46. The Hall–Kier alpha value is 0.260. The molecule has 0 spiro atoms. The molecule has 0 aliphatic carbocycles. The Labute approximate surface area is 77.9 Å². The van der Waals surface area contributed by atoms with Gasteiger partial charge in [0.15, 0.2) is 0 Å². The zero-order valence-corrected chi connectivity index (χ0v) is 10.3. The Morgan fingerprint density at radius 2 is 1.17 bits per heavy atom. The highest BCUT2D eigenvalue weighted by Gasteiger charge is 2.33. The smallest absolute Gasteiger partial charge is 0.223 e. The van der Waals surface area contributed by atoms with Crippen molar-refractivity contribution >= 4 is 27.7 Å². The summed E-state index contributed by atoms with van der Waals surface area (Å²) < 4.78 is 0. The van der Waals surface area contributed by atoms with Gasteiger partial charge in [0.25, 0.3) is 0 Å². The van der Waals surface area contributed by atoms with E-state index in [2.05, 4.69) is 36.6 Å². The van der Waals surface area contributed by atoms with Crippen LogP contribution in [0, 0.1) is 0 Å². The van der Waals surface area contributed by atoms with Gasteiger partial charge in [0.05, 0.1) is 25.9 Å². The number of nitrogens with one attached hydrogen (secondary N) is 2. The van der Waals surface area contributed by atoms with Gasteiger partial charge in [-0.1, -0.05) is 0 Å². The summed E-state index contributed by atoms with van der Waals surface area (Å²) in [5.41, 5.74) is 0. The van der Waals surface area contributed by atoms with Crippen LogP contribution in [0.3, 0.4) is 0 Å². The van der Waals surface area contributed by atoms with Gasteiger partial charge in [-0.2, -0.15) is 0 Å². The Morgan fingerprint density at radius 3 is 1.25 bits per heavy atom. The van der Waals surface area contributed by atoms with Gasteiger partial charge in [0.2, 0.25) is 11.6 Å². The van der Waals surface area contributed by atoms with Crippen molar-refractivity contribution in [2.45, 2.75) is 11.6 Å². The Kier molecular flexibility index (Phi) is 5.96. The first-order valence-corrected chi connectivity index (χ1v) is 8.04. The Bertz CT molecular complexity index is 160. The molecule has 4 atom stereocenters. The Morgan fingerprint density at radius 1 is 0.917 bits per heavy atom. The molecule has 0 aliphatic rings. The van der Waals surface area contributed by atoms with E-state index in [1.165, 1.54) is 0 Å². The molecule has 0 aromatic rings. The molecular weight excluding hydrogens is 186 g/mol. The quantitative estimate of drug-likeness (QED) is 0.660. The van der Waals surface area contributed by atoms with Crippen molar-refractivity contribution in [3.8, 4) is 0 Å². The standard InChI is InChI=1S/C8H20N2P2/c1-9-7(11(3)4)8(10-2)12(5)6/h7-10H,3,5H2,1-2,4,6H3/q+2. The van der Waals surface area contributed by atoms with Crippen LogP contribution < -0.4 is 10.6 Å². The van der Waals surface area contributed by atoms with Crippen LogP contribution in [0.5, 0.6) is 0 Å². The lowest BCUT2D eigenvalue weighted by molar-refractivity contribution is 0.628. The molecule has 0 fully saturated rings. The maximum Gasteiger partial charge on any atom is 0.223 e. The molecule has 0 amide bonds. The van der Waals surface area contributed by atoms with Gasteiger partial charge in [-0.25, -0.2) is 0 Å². The Balaban J connectivity index is 4.44. The maximum atomic E-state index is 4.11. The molecule has 70 valence electrons. The molecule has 2 nitrogen and oxygen atoms in total. The summed E-state index contributed by atoms with van der Waals surface area (Å²) in [4.78, 5) is 0. The van der Waals surface area contributed by atoms with Crippen molar-refractivity contribution in [1.82, 2.24) is 10.6 Å². The fourth-order valence-electron chi connectivity index (χ4n) is 1.24. The first kappa shape index (κ1) is 12.3. The molecule has 0 heterocycles. The second-order valence-corrected chi connectivity index (χ2v) is 7.12. The van der Waals surface area contributed by atoms with Gasteiger partial charge in [0, 0.05) is 0 Å². The van der Waals surface area contributed by atoms with E-state index in [0.29, 0.717) is 11.6 Å². The van der Waals surface area contributed by atoms with Crippen LogP contribution in [0.1, 0.15) is 0 Å². The van der Waals surface area contributed by atoms with E-state index in [4.69, 9.17) is 0 Å². The first-order chi connectivity index (χ1) is 5.54. The number of hydrogen-bond acceptors (Lipinski definition) is 2. The largest absolute Gasteiger partial charge is 0.275 e. The summed E-state index contributed by atoms with van der Waals surface area (Å²) in [7, 11) is 3.62. The van der Waals surface area contributed by atoms with Gasteiger partial charge in [-0.3, -0.25) is 10.6 Å². The molecule has 0 aromatic carbocycles. The predicted octanol–water partition coefficient (Wildman–Crippen LogP) is 1.16. The van der Waals surface area contributed by atoms with E-state index >= 15 is 0 Å². The van der Waals surface area contributed by atoms with Crippen LogP contribution in [-0.4, -0.2) is 51.6 Å². The number of likely N-dealkylation sites (N-methyl/N-ethyl adjacent to an activating group) is 2. The van der Waals surface area contributed by atoms with Crippen LogP contribution in [0.4, 0.5) is 0 Å². The predicted molar refractivity (Wildman–Crippen MR) is 65.6 cm³/mol. The van der Waals surface area contributed by atoms with E-state index in [-0.39, 0.29) is 15.1 Å². The molecule has 0 saturated carbocycles. The average molecular weight is 206 g/mol. The molecule has 0 radical (unpaired) electrons. The maximum absolute atomic E-state index is 4.11. The molecule has 0 saturated heterocycles. The van der Waals surface area contributed by atoms with E-state index in [0.717, 1.165) is 0 Å². The molecule has 2 N–H and O–H groups in total. The van der Waals surface area contributed by atoms with Crippen LogP contribution >= 0.6 is 15.1 Å². The summed E-state index contributed by atoms with van der Waals surface area (Å²) in [5, 5.41) is 6.63. The van der Waals surface area contributed by atoms with E-state index < -0.39 is 0 Å². The highest BCUT2D eigenvalue weighted by Crippen LogP contribution is 2.33. The fourth-order valence-corrected chi connectivity index (χ4v) is 4.75. The van der Waals surface area contributed by atoms with Crippen LogP contribution in [0.15, 0.2) is 0 Å². The molecular formula is C8H20N2P2+2. The van der Waals surface area contributed by atoms with Crippen molar-refractivity contribution in [1.29, 1.82) is 0 Å². The molecule has 12 heavy (non-hydrogen) atoms. The third-order valence-electron chi connectivity index (χ3n) is 1.84. The fraction of sp³-hybridized carbons (Fsp3) is 0.750. The summed E-state index contributed by atoms with van der Waals surface area (Å²) >= 11 is 0. The van der Waals surface area contributed by atoms with Crippen molar-refractivity contribution in [3.05, 3.63) is 0 Å². The lowest BCUT2D eigenvalue weighted by atomic mass is 10.6. The highest BCUT2D eigenvalue weighted by molar-refractivity contribution is 7.60. The van der Waals surface area contributed by atoms with Crippen LogP contribution in [0.2, 0.25) is 0 Å². The van der Waals surface area contributed by atoms with E-state index in [9.17, 15) is 0 Å². The van der Waals surface area contributed by atoms with Gasteiger partial charge in [-0.05, 0) is 14.1 Å². The first-order valence-electron chi connectivity index (χ1n) is 3.95. The van der Waals surface area contributed by atoms with Gasteiger partial charge in [0.1, 0.15) is 15.1 Å². The van der Waals surface area contributed by atoms with Crippen molar-refractivity contribution in [2.24, 2.45) is 0 Å². The lowest BCUT2D eigenvalue weighted by Crippen LogP contribution is -2.40. The summed E-state index contributed by atoms with van der Waals surface area (Å²) in [6.07, 6.45) is 8.21. The topological polar surface area (TPSA) is 24.1 Å². The molecule has 0 aliphatic heterocycles. The van der Waals surface area contributed by atoms with Crippen molar-refractivity contribution in [2.75, 3.05) is 27.4 Å². The average Bonchev–Trinajstić information content (AvgIpc) is 1.98. The SMILES string of the molecule is C=[P+](C)C(NC)C(NC)[P+](=C)C. The van der Waals surface area contributed by atoms with Gasteiger partial charge in [-0.15, -0.1) is 0 Å². The normalized spacial score (nSPS) is 18.3. The molecule has 4 unspecified atom stereocenters. The minimum atomic E-state index is -0.189. The molecule has 4 heteroatoms. The zero-order chi connectivity index (χ0) is 9.72. The number of rotatable bonds is 5. The van der Waals surface area contributed by atoms with Crippen molar-refractivity contribution < 1.29 is 0 Å². The third-order valence-corrected chi connectivity index (χ3v) is 5.09. The van der Waals surface area contributed by atoms with Crippen molar-refractivity contribution in [3.63, 3.8) is 0 Å².